The molecule has 1 fully saturated rings. The summed E-state index contributed by atoms with van der Waals surface area (Å²) in [5.41, 5.74) is 1.79. The fraction of sp³-hybridized carbons (Fsp3) is 0.227. The Bertz CT molecular complexity index is 930. The minimum absolute atomic E-state index is 0.0542. The minimum atomic E-state index is -1.07. The number of carbonyl (C=O) groups excluding carboxylic acids is 2. The molecule has 0 aromatic heterocycles. The number of hydrogen-bond donors (Lipinski definition) is 1. The minimum Gasteiger partial charge on any atom is -0.491 e. The number of aliphatic carboxylic acids is 1. The Morgan fingerprint density at radius 2 is 1.89 bits per heavy atom. The number of rotatable bonds is 6. The van der Waals surface area contributed by atoms with Gasteiger partial charge in [0.15, 0.2) is 0 Å². The van der Waals surface area contributed by atoms with E-state index in [2.05, 4.69) is 0 Å². The van der Waals surface area contributed by atoms with Crippen molar-refractivity contribution in [1.29, 1.82) is 0 Å². The van der Waals surface area contributed by atoms with E-state index in [4.69, 9.17) is 9.84 Å². The van der Waals surface area contributed by atoms with Crippen molar-refractivity contribution in [2.75, 3.05) is 4.90 Å². The molecule has 0 spiro atoms. The first-order valence-corrected chi connectivity index (χ1v) is 8.99. The number of anilines is 1. The zero-order valence-electron chi connectivity index (χ0n) is 15.7. The Balaban J connectivity index is 1.82. The van der Waals surface area contributed by atoms with Crippen LogP contribution in [0, 0.1) is 0 Å². The van der Waals surface area contributed by atoms with Crippen molar-refractivity contribution in [3.05, 3.63) is 65.7 Å². The number of carboxylic acids is 1. The fourth-order valence-corrected chi connectivity index (χ4v) is 3.15. The highest BCUT2D eigenvalue weighted by molar-refractivity contribution is 6.22. The van der Waals surface area contributed by atoms with Crippen molar-refractivity contribution in [3.63, 3.8) is 0 Å². The van der Waals surface area contributed by atoms with Crippen LogP contribution < -0.4 is 9.64 Å². The SMILES string of the molecule is CC(C)Oc1ccc(C2CC(=O)N(c3cccc(C=CC(=O)O)c3)C2=O)cc1. The predicted molar refractivity (Wildman–Crippen MR) is 105 cm³/mol. The Morgan fingerprint density at radius 1 is 1.18 bits per heavy atom. The first-order valence-electron chi connectivity index (χ1n) is 8.99. The van der Waals surface area contributed by atoms with Gasteiger partial charge in [-0.25, -0.2) is 9.69 Å². The van der Waals surface area contributed by atoms with E-state index >= 15 is 0 Å². The maximum absolute atomic E-state index is 12.9. The smallest absolute Gasteiger partial charge is 0.328 e. The van der Waals surface area contributed by atoms with E-state index in [9.17, 15) is 14.4 Å². The Hall–Kier alpha value is -3.41. The average molecular weight is 379 g/mol. The third-order valence-corrected chi connectivity index (χ3v) is 4.35. The molecule has 0 aliphatic carbocycles. The number of nitrogens with zero attached hydrogens (tertiary/aromatic N) is 1. The lowest BCUT2D eigenvalue weighted by molar-refractivity contribution is -0.131. The van der Waals surface area contributed by atoms with Crippen LogP contribution in [0.1, 0.15) is 37.3 Å². The van der Waals surface area contributed by atoms with Gasteiger partial charge in [-0.1, -0.05) is 24.3 Å². The van der Waals surface area contributed by atoms with Crippen molar-refractivity contribution in [2.24, 2.45) is 0 Å². The zero-order valence-corrected chi connectivity index (χ0v) is 15.7. The highest BCUT2D eigenvalue weighted by Crippen LogP contribution is 2.34. The van der Waals surface area contributed by atoms with Gasteiger partial charge in [-0.05, 0) is 55.3 Å². The lowest BCUT2D eigenvalue weighted by Gasteiger charge is -2.16. The topological polar surface area (TPSA) is 83.9 Å². The molecule has 2 aromatic rings. The molecule has 144 valence electrons. The number of hydrogen-bond acceptors (Lipinski definition) is 4. The fourth-order valence-electron chi connectivity index (χ4n) is 3.15. The normalized spacial score (nSPS) is 17.0. The molecule has 1 unspecified atom stereocenters. The molecular formula is C22H21NO5. The summed E-state index contributed by atoms with van der Waals surface area (Å²) in [5, 5.41) is 8.75. The molecule has 2 amide bonds. The summed E-state index contributed by atoms with van der Waals surface area (Å²) in [6, 6.07) is 13.9. The monoisotopic (exact) mass is 379 g/mol. The second kappa shape index (κ2) is 8.08. The highest BCUT2D eigenvalue weighted by atomic mass is 16.5. The largest absolute Gasteiger partial charge is 0.491 e. The molecular weight excluding hydrogens is 358 g/mol. The molecule has 1 N–H and O–H groups in total. The lowest BCUT2D eigenvalue weighted by Crippen LogP contribution is -2.30. The van der Waals surface area contributed by atoms with Gasteiger partial charge in [-0.3, -0.25) is 9.59 Å². The predicted octanol–water partition coefficient (Wildman–Crippen LogP) is 3.62. The van der Waals surface area contributed by atoms with Gasteiger partial charge in [0.05, 0.1) is 17.7 Å². The molecule has 3 rings (SSSR count). The van der Waals surface area contributed by atoms with Gasteiger partial charge in [-0.2, -0.15) is 0 Å². The Morgan fingerprint density at radius 3 is 2.54 bits per heavy atom. The van der Waals surface area contributed by atoms with Gasteiger partial charge in [-0.15, -0.1) is 0 Å². The summed E-state index contributed by atoms with van der Waals surface area (Å²) in [6.07, 6.45) is 2.58. The molecule has 0 bridgehead atoms. The van der Waals surface area contributed by atoms with Gasteiger partial charge >= 0.3 is 5.97 Å². The average Bonchev–Trinajstić information content (AvgIpc) is 2.95. The molecule has 28 heavy (non-hydrogen) atoms. The van der Waals surface area contributed by atoms with Crippen LogP contribution >= 0.6 is 0 Å². The number of imide groups is 1. The second-order valence-electron chi connectivity index (χ2n) is 6.83. The molecule has 2 aromatic carbocycles. The number of carboxylic acid groups (broad SMARTS) is 1. The van der Waals surface area contributed by atoms with Gasteiger partial charge < -0.3 is 9.84 Å². The van der Waals surface area contributed by atoms with Crippen LogP contribution in [0.5, 0.6) is 5.75 Å². The van der Waals surface area contributed by atoms with Crippen LogP contribution in [0.3, 0.4) is 0 Å². The summed E-state index contributed by atoms with van der Waals surface area (Å²) >= 11 is 0. The quantitative estimate of drug-likeness (QED) is 0.612. The molecule has 0 saturated carbocycles. The van der Waals surface area contributed by atoms with Crippen LogP contribution in [0.4, 0.5) is 5.69 Å². The molecule has 1 atom stereocenters. The van der Waals surface area contributed by atoms with Gasteiger partial charge in [0.2, 0.25) is 11.8 Å². The Kier molecular flexibility index (Phi) is 5.59. The van der Waals surface area contributed by atoms with Gasteiger partial charge in [0.25, 0.3) is 0 Å². The van der Waals surface area contributed by atoms with Crippen LogP contribution in [-0.4, -0.2) is 29.0 Å². The lowest BCUT2D eigenvalue weighted by atomic mass is 9.97. The third kappa shape index (κ3) is 4.28. The van der Waals surface area contributed by atoms with E-state index in [-0.39, 0.29) is 24.3 Å². The Labute approximate surface area is 163 Å². The van der Waals surface area contributed by atoms with Crippen LogP contribution in [0.25, 0.3) is 6.08 Å². The van der Waals surface area contributed by atoms with E-state index in [0.717, 1.165) is 11.6 Å². The molecule has 1 heterocycles. The molecule has 6 nitrogen and oxygen atoms in total. The summed E-state index contributed by atoms with van der Waals surface area (Å²) in [4.78, 5) is 37.3. The first kappa shape index (κ1) is 19.4. The molecule has 1 aliphatic heterocycles. The maximum Gasteiger partial charge on any atom is 0.328 e. The van der Waals surface area contributed by atoms with Crippen molar-refractivity contribution in [2.45, 2.75) is 32.3 Å². The summed E-state index contributed by atoms with van der Waals surface area (Å²) in [5.74, 6) is -1.47. The highest BCUT2D eigenvalue weighted by Gasteiger charge is 2.40. The van der Waals surface area contributed by atoms with Gasteiger partial charge in [0.1, 0.15) is 5.75 Å². The van der Waals surface area contributed by atoms with Crippen molar-refractivity contribution in [1.82, 2.24) is 0 Å². The first-order chi connectivity index (χ1) is 13.3. The van der Waals surface area contributed by atoms with E-state index < -0.39 is 11.9 Å². The van der Waals surface area contributed by atoms with E-state index in [1.54, 1.807) is 36.4 Å². The van der Waals surface area contributed by atoms with Crippen molar-refractivity contribution in [3.8, 4) is 5.75 Å². The number of carbonyl (C=O) groups is 3. The number of ether oxygens (including phenoxy) is 1. The summed E-state index contributed by atoms with van der Waals surface area (Å²) < 4.78 is 5.61. The van der Waals surface area contributed by atoms with E-state index in [1.165, 1.54) is 11.0 Å². The summed E-state index contributed by atoms with van der Waals surface area (Å²) in [7, 11) is 0. The van der Waals surface area contributed by atoms with Crippen molar-refractivity contribution < 1.29 is 24.2 Å². The van der Waals surface area contributed by atoms with Crippen LogP contribution in [-0.2, 0) is 14.4 Å². The molecule has 0 radical (unpaired) electrons. The van der Waals surface area contributed by atoms with E-state index in [1.807, 2.05) is 26.0 Å². The van der Waals surface area contributed by atoms with Crippen molar-refractivity contribution >= 4 is 29.5 Å². The number of benzene rings is 2. The number of amides is 2. The third-order valence-electron chi connectivity index (χ3n) is 4.35. The molecule has 6 heteroatoms. The molecule has 1 saturated heterocycles. The zero-order chi connectivity index (χ0) is 20.3. The summed E-state index contributed by atoms with van der Waals surface area (Å²) in [6.45, 7) is 3.87. The van der Waals surface area contributed by atoms with E-state index in [0.29, 0.717) is 17.0 Å². The standard InChI is InChI=1S/C22H21NO5/c1-14(2)28-18-9-7-16(8-10-18)19-13-20(24)23(22(19)27)17-5-3-4-15(12-17)6-11-21(25)26/h3-12,14,19H,13H2,1-2H3,(H,25,26). The van der Waals surface area contributed by atoms with Crippen LogP contribution in [0.15, 0.2) is 54.6 Å². The maximum atomic E-state index is 12.9. The van der Waals surface area contributed by atoms with Gasteiger partial charge in [0, 0.05) is 12.5 Å². The van der Waals surface area contributed by atoms with Crippen LogP contribution in [0.2, 0.25) is 0 Å². The molecule has 1 aliphatic rings. The second-order valence-corrected chi connectivity index (χ2v) is 6.83.